The molecule has 2 rings (SSSR count). The van der Waals surface area contributed by atoms with Gasteiger partial charge in [-0.3, -0.25) is 0 Å². The smallest absolute Gasteiger partial charge is 0.0468 e. The summed E-state index contributed by atoms with van der Waals surface area (Å²) in [5, 5.41) is 3.71. The number of rotatable bonds is 7. The molecular formula is C14H28N2O. The first-order valence-electron chi connectivity index (χ1n) is 7.12. The maximum Gasteiger partial charge on any atom is 0.0468 e. The molecule has 0 radical (unpaired) electrons. The van der Waals surface area contributed by atoms with E-state index in [9.17, 15) is 0 Å². The molecule has 0 aromatic heterocycles. The van der Waals surface area contributed by atoms with E-state index >= 15 is 0 Å². The molecule has 1 saturated heterocycles. The molecule has 0 amide bonds. The summed E-state index contributed by atoms with van der Waals surface area (Å²) in [4.78, 5) is 2.44. The van der Waals surface area contributed by atoms with E-state index in [0.29, 0.717) is 5.41 Å². The summed E-state index contributed by atoms with van der Waals surface area (Å²) in [6.07, 6.45) is 6.78. The average Bonchev–Trinajstić information content (AvgIpc) is 3.10. The van der Waals surface area contributed by atoms with Crippen molar-refractivity contribution in [2.24, 2.45) is 11.3 Å². The van der Waals surface area contributed by atoms with Crippen LogP contribution in [0.2, 0.25) is 0 Å². The van der Waals surface area contributed by atoms with Crippen molar-refractivity contribution in [3.8, 4) is 0 Å². The van der Waals surface area contributed by atoms with Crippen LogP contribution in [-0.4, -0.2) is 51.8 Å². The van der Waals surface area contributed by atoms with Gasteiger partial charge < -0.3 is 15.0 Å². The third-order valence-electron chi connectivity index (χ3n) is 4.56. The van der Waals surface area contributed by atoms with Crippen LogP contribution in [0.1, 0.15) is 32.1 Å². The molecule has 0 unspecified atom stereocenters. The average molecular weight is 240 g/mol. The number of nitrogens with one attached hydrogen (secondary N) is 1. The van der Waals surface area contributed by atoms with E-state index < -0.39 is 0 Å². The van der Waals surface area contributed by atoms with Gasteiger partial charge in [0.05, 0.1) is 0 Å². The summed E-state index contributed by atoms with van der Waals surface area (Å²) in [5.74, 6) is 0.907. The van der Waals surface area contributed by atoms with E-state index in [2.05, 4.69) is 17.3 Å². The molecule has 2 fully saturated rings. The van der Waals surface area contributed by atoms with Crippen molar-refractivity contribution >= 4 is 0 Å². The first-order valence-corrected chi connectivity index (χ1v) is 7.12. The Hall–Kier alpha value is -0.120. The second-order valence-corrected chi connectivity index (χ2v) is 6.12. The normalized spacial score (nSPS) is 25.1. The molecule has 100 valence electrons. The van der Waals surface area contributed by atoms with Gasteiger partial charge >= 0.3 is 0 Å². The van der Waals surface area contributed by atoms with Gasteiger partial charge in [0, 0.05) is 20.3 Å². The second kappa shape index (κ2) is 6.17. The van der Waals surface area contributed by atoms with Crippen molar-refractivity contribution in [1.82, 2.24) is 10.2 Å². The lowest BCUT2D eigenvalue weighted by atomic mass is 9.96. The van der Waals surface area contributed by atoms with Gasteiger partial charge in [0.2, 0.25) is 0 Å². The monoisotopic (exact) mass is 240 g/mol. The minimum absolute atomic E-state index is 0.599. The van der Waals surface area contributed by atoms with Crippen molar-refractivity contribution in [2.75, 3.05) is 46.9 Å². The van der Waals surface area contributed by atoms with Crippen LogP contribution in [0.4, 0.5) is 0 Å². The lowest BCUT2D eigenvalue weighted by molar-refractivity contribution is 0.169. The summed E-state index contributed by atoms with van der Waals surface area (Å²) in [6.45, 7) is 5.92. The quantitative estimate of drug-likeness (QED) is 0.733. The third-order valence-corrected chi connectivity index (χ3v) is 4.56. The Morgan fingerprint density at radius 1 is 1.29 bits per heavy atom. The molecule has 1 aliphatic carbocycles. The molecule has 1 saturated carbocycles. The fraction of sp³-hybridized carbons (Fsp3) is 1.00. The maximum atomic E-state index is 5.19. The number of ether oxygens (including phenoxy) is 1. The van der Waals surface area contributed by atoms with Crippen molar-refractivity contribution in [2.45, 2.75) is 32.1 Å². The predicted octanol–water partition coefficient (Wildman–Crippen LogP) is 1.73. The van der Waals surface area contributed by atoms with Gasteiger partial charge in [0.15, 0.2) is 0 Å². The molecule has 3 heteroatoms. The van der Waals surface area contributed by atoms with Crippen LogP contribution >= 0.6 is 0 Å². The van der Waals surface area contributed by atoms with E-state index in [1.54, 1.807) is 0 Å². The Morgan fingerprint density at radius 3 is 2.59 bits per heavy atom. The number of methoxy groups -OCH3 is 1. The molecule has 0 atom stereocenters. The maximum absolute atomic E-state index is 5.19. The van der Waals surface area contributed by atoms with E-state index in [1.165, 1.54) is 58.3 Å². The zero-order valence-corrected chi connectivity index (χ0v) is 11.5. The Labute approximate surface area is 106 Å². The highest BCUT2D eigenvalue weighted by molar-refractivity contribution is 4.94. The summed E-state index contributed by atoms with van der Waals surface area (Å²) in [5.41, 5.74) is 0.599. The van der Waals surface area contributed by atoms with E-state index in [0.717, 1.165) is 12.5 Å². The minimum Gasteiger partial charge on any atom is -0.385 e. The number of nitrogens with zero attached hydrogens (tertiary/aromatic N) is 1. The standard InChI is InChI=1S/C14H28N2O/c1-16-8-3-13(4-9-16)11-15-12-14(5-6-14)7-10-17-2/h13,15H,3-12H2,1-2H3. The van der Waals surface area contributed by atoms with Gasteiger partial charge in [-0.2, -0.15) is 0 Å². The van der Waals surface area contributed by atoms with Crippen LogP contribution in [0, 0.1) is 11.3 Å². The zero-order chi connectivity index (χ0) is 12.1. The fourth-order valence-corrected chi connectivity index (χ4v) is 2.82. The summed E-state index contributed by atoms with van der Waals surface area (Å²) < 4.78 is 5.19. The predicted molar refractivity (Wildman–Crippen MR) is 71.3 cm³/mol. The molecule has 2 aliphatic rings. The lowest BCUT2D eigenvalue weighted by Gasteiger charge is -2.29. The minimum atomic E-state index is 0.599. The highest BCUT2D eigenvalue weighted by Gasteiger charge is 2.41. The van der Waals surface area contributed by atoms with Gasteiger partial charge in [-0.25, -0.2) is 0 Å². The molecule has 3 nitrogen and oxygen atoms in total. The molecule has 0 spiro atoms. The van der Waals surface area contributed by atoms with Gasteiger partial charge in [-0.15, -0.1) is 0 Å². The Balaban J connectivity index is 1.56. The van der Waals surface area contributed by atoms with Crippen molar-refractivity contribution in [3.05, 3.63) is 0 Å². The summed E-state index contributed by atoms with van der Waals surface area (Å²) in [6, 6.07) is 0. The molecule has 1 N–H and O–H groups in total. The van der Waals surface area contributed by atoms with Gasteiger partial charge in [0.1, 0.15) is 0 Å². The van der Waals surface area contributed by atoms with Crippen LogP contribution in [0.15, 0.2) is 0 Å². The van der Waals surface area contributed by atoms with E-state index in [1.807, 2.05) is 7.11 Å². The van der Waals surface area contributed by atoms with Gasteiger partial charge in [-0.05, 0) is 70.1 Å². The first kappa shape index (κ1) is 13.3. The SMILES string of the molecule is COCCC1(CNCC2CCN(C)CC2)CC1. The molecule has 0 aromatic carbocycles. The van der Waals surface area contributed by atoms with Crippen molar-refractivity contribution in [1.29, 1.82) is 0 Å². The van der Waals surface area contributed by atoms with E-state index in [4.69, 9.17) is 4.74 Å². The summed E-state index contributed by atoms with van der Waals surface area (Å²) in [7, 11) is 4.04. The molecule has 0 bridgehead atoms. The largest absolute Gasteiger partial charge is 0.385 e. The third kappa shape index (κ3) is 4.23. The molecule has 17 heavy (non-hydrogen) atoms. The van der Waals surface area contributed by atoms with Crippen LogP contribution in [0.25, 0.3) is 0 Å². The van der Waals surface area contributed by atoms with Crippen LogP contribution in [-0.2, 0) is 4.74 Å². The molecule has 0 aromatic rings. The Morgan fingerprint density at radius 2 is 2.00 bits per heavy atom. The first-order chi connectivity index (χ1) is 8.24. The number of likely N-dealkylation sites (tertiary alicyclic amines) is 1. The number of piperidine rings is 1. The van der Waals surface area contributed by atoms with Gasteiger partial charge in [-0.1, -0.05) is 0 Å². The highest BCUT2D eigenvalue weighted by Crippen LogP contribution is 2.48. The Bertz CT molecular complexity index is 220. The Kier molecular flexibility index (Phi) is 4.83. The number of hydrogen-bond acceptors (Lipinski definition) is 3. The fourth-order valence-electron chi connectivity index (χ4n) is 2.82. The molecule has 1 heterocycles. The van der Waals surface area contributed by atoms with Crippen LogP contribution < -0.4 is 5.32 Å². The zero-order valence-electron chi connectivity index (χ0n) is 11.5. The highest BCUT2D eigenvalue weighted by atomic mass is 16.5. The molecule has 1 aliphatic heterocycles. The lowest BCUT2D eigenvalue weighted by Crippen LogP contribution is -2.36. The van der Waals surface area contributed by atoms with Crippen LogP contribution in [0.5, 0.6) is 0 Å². The molecular weight excluding hydrogens is 212 g/mol. The van der Waals surface area contributed by atoms with Crippen molar-refractivity contribution in [3.63, 3.8) is 0 Å². The van der Waals surface area contributed by atoms with Gasteiger partial charge in [0.25, 0.3) is 0 Å². The second-order valence-electron chi connectivity index (χ2n) is 6.12. The summed E-state index contributed by atoms with van der Waals surface area (Å²) >= 11 is 0. The van der Waals surface area contributed by atoms with E-state index in [-0.39, 0.29) is 0 Å². The topological polar surface area (TPSA) is 24.5 Å². The number of hydrogen-bond donors (Lipinski definition) is 1. The van der Waals surface area contributed by atoms with Crippen molar-refractivity contribution < 1.29 is 4.74 Å². The van der Waals surface area contributed by atoms with Crippen LogP contribution in [0.3, 0.4) is 0 Å².